The second-order valence-electron chi connectivity index (χ2n) is 22.7. The lowest BCUT2D eigenvalue weighted by Crippen LogP contribution is -2.16. The summed E-state index contributed by atoms with van der Waals surface area (Å²) in [5.74, 6) is 0. The molecule has 0 heterocycles. The molecule has 0 atom stereocenters. The highest BCUT2D eigenvalue weighted by Crippen LogP contribution is 2.50. The summed E-state index contributed by atoms with van der Waals surface area (Å²) in [7, 11) is 0. The Hall–Kier alpha value is -10.8. The molecule has 0 radical (unpaired) electrons. The van der Waals surface area contributed by atoms with Crippen LogP contribution in [0.2, 0.25) is 0 Å². The maximum atomic E-state index is 2.47. The summed E-state index contributed by atoms with van der Waals surface area (Å²) in [4.78, 5) is 14.1. The van der Waals surface area contributed by atoms with Gasteiger partial charge >= 0.3 is 0 Å². The number of rotatable bonds is 18. The SMILES string of the molecule is CC(C)(C)c1ccc(-c2ccccc2N(c2cccc(Sc3cc(N(c4ccccc4)c4ccccc4)cc(N(c4ccccc4)c4ccccc4)c3)c2)c2cc(N(c3ccccc3)c3ccccc3)cc(N(c3ccccc3)c3ccccc3)c2)cc1. The summed E-state index contributed by atoms with van der Waals surface area (Å²) in [6.45, 7) is 6.83. The van der Waals surface area contributed by atoms with Gasteiger partial charge in [-0.1, -0.05) is 227 Å². The van der Waals surface area contributed by atoms with E-state index in [-0.39, 0.29) is 5.41 Å². The normalized spacial score (nSPS) is 11.2. The van der Waals surface area contributed by atoms with Crippen LogP contribution < -0.4 is 24.5 Å². The third-order valence-corrected chi connectivity index (χ3v) is 16.6. The lowest BCUT2D eigenvalue weighted by Gasteiger charge is -2.33. The van der Waals surface area contributed by atoms with E-state index < -0.39 is 0 Å². The van der Waals surface area contributed by atoms with Gasteiger partial charge < -0.3 is 24.5 Å². The largest absolute Gasteiger partial charge is 0.310 e. The van der Waals surface area contributed by atoms with E-state index in [0.29, 0.717) is 0 Å². The number of hydrogen-bond donors (Lipinski definition) is 0. The van der Waals surface area contributed by atoms with Gasteiger partial charge in [-0.2, -0.15) is 0 Å². The average molecular weight is 1150 g/mol. The van der Waals surface area contributed by atoms with Gasteiger partial charge in [0.1, 0.15) is 0 Å². The van der Waals surface area contributed by atoms with Gasteiger partial charge in [0, 0.05) is 77.9 Å². The highest BCUT2D eigenvalue weighted by molar-refractivity contribution is 7.99. The maximum Gasteiger partial charge on any atom is 0.0540 e. The van der Waals surface area contributed by atoms with Gasteiger partial charge in [-0.25, -0.2) is 0 Å². The predicted octanol–water partition coefficient (Wildman–Crippen LogP) is 24.2. The van der Waals surface area contributed by atoms with Crippen LogP contribution in [-0.2, 0) is 5.41 Å². The van der Waals surface area contributed by atoms with Crippen molar-refractivity contribution in [1.82, 2.24) is 0 Å². The summed E-state index contributed by atoms with van der Waals surface area (Å²) in [5, 5.41) is 0. The smallest absolute Gasteiger partial charge is 0.0540 e. The van der Waals surface area contributed by atoms with Crippen LogP contribution in [0.25, 0.3) is 11.1 Å². The molecule has 6 heteroatoms. The Kier molecular flexibility index (Phi) is 16.5. The molecule has 426 valence electrons. The van der Waals surface area contributed by atoms with E-state index in [9.17, 15) is 0 Å². The standard InChI is InChI=1S/C82H67N5S/c1-82(2,3)63-53-51-62(52-54-63)80-49-28-29-50-81(80)87(75-56-73(83(64-31-12-4-13-32-64)65-33-14-5-15-34-65)55-74(57-75)84(66-35-16-6-17-36-66)67-37-18-7-19-38-67)72-47-30-48-78(59-72)88-79-60-76(85(68-39-20-8-21-40-68)69-41-22-9-23-42-69)58-77(61-79)86(70-43-24-10-25-44-70)71-45-26-11-27-46-71/h4-61H,1-3H3. The van der Waals surface area contributed by atoms with Gasteiger partial charge in [0.15, 0.2) is 0 Å². The van der Waals surface area contributed by atoms with Crippen LogP contribution in [-0.4, -0.2) is 0 Å². The first-order chi connectivity index (χ1) is 43.3. The Bertz CT molecular complexity index is 4020. The molecule has 0 fully saturated rings. The minimum atomic E-state index is -0.00513. The van der Waals surface area contributed by atoms with Crippen molar-refractivity contribution in [2.24, 2.45) is 0 Å². The van der Waals surface area contributed by atoms with Gasteiger partial charge in [0.2, 0.25) is 0 Å². The summed E-state index contributed by atoms with van der Waals surface area (Å²) >= 11 is 1.77. The number of nitrogens with zero attached hydrogens (tertiary/aromatic N) is 5. The first-order valence-electron chi connectivity index (χ1n) is 30.0. The fourth-order valence-electron chi connectivity index (χ4n) is 11.6. The van der Waals surface area contributed by atoms with Gasteiger partial charge in [-0.3, -0.25) is 0 Å². The topological polar surface area (TPSA) is 16.2 Å². The van der Waals surface area contributed by atoms with Crippen LogP contribution in [0.1, 0.15) is 26.3 Å². The fraction of sp³-hybridized carbons (Fsp3) is 0.0488. The minimum Gasteiger partial charge on any atom is -0.310 e. The van der Waals surface area contributed by atoms with Crippen LogP contribution in [0.3, 0.4) is 0 Å². The molecule has 0 saturated heterocycles. The molecule has 13 aromatic carbocycles. The van der Waals surface area contributed by atoms with Gasteiger partial charge in [0.05, 0.1) is 22.7 Å². The van der Waals surface area contributed by atoms with E-state index in [1.807, 2.05) is 0 Å². The van der Waals surface area contributed by atoms with Crippen molar-refractivity contribution in [3.8, 4) is 11.1 Å². The monoisotopic (exact) mass is 1150 g/mol. The Labute approximate surface area is 522 Å². The number of hydrogen-bond acceptors (Lipinski definition) is 6. The molecule has 0 aliphatic rings. The molecule has 0 spiro atoms. The molecular formula is C82H67N5S. The highest BCUT2D eigenvalue weighted by Gasteiger charge is 2.26. The maximum absolute atomic E-state index is 2.47. The first kappa shape index (κ1) is 56.3. The summed E-state index contributed by atoms with van der Waals surface area (Å²) in [6.07, 6.45) is 0. The van der Waals surface area contributed by atoms with E-state index >= 15 is 0 Å². The molecule has 0 aromatic heterocycles. The van der Waals surface area contributed by atoms with E-state index in [1.54, 1.807) is 11.8 Å². The van der Waals surface area contributed by atoms with E-state index in [4.69, 9.17) is 0 Å². The molecule has 0 aliphatic carbocycles. The number of para-hydroxylation sites is 9. The first-order valence-corrected chi connectivity index (χ1v) is 30.8. The van der Waals surface area contributed by atoms with Crippen molar-refractivity contribution in [3.63, 3.8) is 0 Å². The van der Waals surface area contributed by atoms with E-state index in [2.05, 4.69) is 397 Å². The third kappa shape index (κ3) is 12.5. The van der Waals surface area contributed by atoms with Crippen molar-refractivity contribution in [3.05, 3.63) is 357 Å². The average Bonchev–Trinajstić information content (AvgIpc) is 2.19. The molecule has 0 N–H and O–H groups in total. The predicted molar refractivity (Wildman–Crippen MR) is 375 cm³/mol. The van der Waals surface area contributed by atoms with Crippen molar-refractivity contribution >= 4 is 97.1 Å². The van der Waals surface area contributed by atoms with Crippen molar-refractivity contribution in [2.45, 2.75) is 36.0 Å². The second-order valence-corrected chi connectivity index (χ2v) is 23.8. The lowest BCUT2D eigenvalue weighted by molar-refractivity contribution is 0.590. The molecule has 0 amide bonds. The lowest BCUT2D eigenvalue weighted by atomic mass is 9.86. The van der Waals surface area contributed by atoms with Crippen molar-refractivity contribution < 1.29 is 0 Å². The molecule has 0 bridgehead atoms. The van der Waals surface area contributed by atoms with Crippen LogP contribution in [0, 0.1) is 0 Å². The Morgan fingerprint density at radius 2 is 0.489 bits per heavy atom. The van der Waals surface area contributed by atoms with Crippen molar-refractivity contribution in [2.75, 3.05) is 24.5 Å². The highest BCUT2D eigenvalue weighted by atomic mass is 32.2. The molecule has 5 nitrogen and oxygen atoms in total. The summed E-state index contributed by atoms with van der Waals surface area (Å²) in [6, 6.07) is 127. The van der Waals surface area contributed by atoms with E-state index in [0.717, 1.165) is 106 Å². The molecule has 0 saturated carbocycles. The van der Waals surface area contributed by atoms with Crippen LogP contribution >= 0.6 is 11.8 Å². The molecule has 13 aromatic rings. The number of anilines is 15. The zero-order valence-electron chi connectivity index (χ0n) is 49.6. The van der Waals surface area contributed by atoms with Crippen LogP contribution in [0.4, 0.5) is 85.3 Å². The summed E-state index contributed by atoms with van der Waals surface area (Å²) < 4.78 is 0. The Morgan fingerprint density at radius 1 is 0.216 bits per heavy atom. The zero-order chi connectivity index (χ0) is 59.7. The second kappa shape index (κ2) is 25.8. The Morgan fingerprint density at radius 3 is 0.818 bits per heavy atom. The fourth-order valence-corrected chi connectivity index (χ4v) is 12.5. The molecule has 13 rings (SSSR count). The zero-order valence-corrected chi connectivity index (χ0v) is 50.4. The third-order valence-electron chi connectivity index (χ3n) is 15.7. The van der Waals surface area contributed by atoms with Gasteiger partial charge in [-0.15, -0.1) is 0 Å². The number of benzene rings is 13. The quantitative estimate of drug-likeness (QED) is 0.0845. The summed E-state index contributed by atoms with van der Waals surface area (Å²) in [5.41, 5.74) is 19.1. The van der Waals surface area contributed by atoms with Crippen LogP contribution in [0.5, 0.6) is 0 Å². The van der Waals surface area contributed by atoms with Gasteiger partial charge in [0.25, 0.3) is 0 Å². The van der Waals surface area contributed by atoms with Gasteiger partial charge in [-0.05, 0) is 174 Å². The Balaban J connectivity index is 1.04. The minimum absolute atomic E-state index is 0.00513. The van der Waals surface area contributed by atoms with Crippen molar-refractivity contribution in [1.29, 1.82) is 0 Å². The molecule has 88 heavy (non-hydrogen) atoms. The molecule has 0 unspecified atom stereocenters. The molecule has 0 aliphatic heterocycles. The molecular weight excluding hydrogens is 1090 g/mol. The van der Waals surface area contributed by atoms with E-state index in [1.165, 1.54) is 5.56 Å². The van der Waals surface area contributed by atoms with Crippen LogP contribution in [0.15, 0.2) is 362 Å².